The average Bonchev–Trinajstić information content (AvgIpc) is 3.11. The number of sulfonamides is 1. The van der Waals surface area contributed by atoms with Crippen LogP contribution in [-0.4, -0.2) is 120 Å². The van der Waals surface area contributed by atoms with Crippen molar-refractivity contribution >= 4 is 39.6 Å². The lowest BCUT2D eigenvalue weighted by atomic mass is 10.1. The number of hydrogen-bond acceptors (Lipinski definition) is 12. The van der Waals surface area contributed by atoms with Crippen LogP contribution in [0.3, 0.4) is 0 Å². The third kappa shape index (κ3) is 21.1. The third-order valence-electron chi connectivity index (χ3n) is 7.01. The number of amides is 2. The number of carboxylic acid groups (broad SMARTS) is 2. The molecule has 290 valence electrons. The number of nitrogens with zero attached hydrogens (tertiary/aromatic N) is 1. The second-order valence-corrected chi connectivity index (χ2v) is 13.0. The number of aliphatic carboxylic acids is 2. The monoisotopic (exact) mass is 754 g/mol. The Morgan fingerprint density at radius 3 is 1.85 bits per heavy atom. The molecule has 2 rings (SSSR count). The van der Waals surface area contributed by atoms with E-state index in [0.29, 0.717) is 18.8 Å². The van der Waals surface area contributed by atoms with Gasteiger partial charge in [0.05, 0.1) is 56.7 Å². The van der Waals surface area contributed by atoms with E-state index >= 15 is 0 Å². The highest BCUT2D eigenvalue weighted by atomic mass is 32.2. The SMILES string of the molecule is O=C(O)CCCCCCCCCOc1ccc(S(=O)(=O)Nc2ccc(C(=O)NCCOCCOCC(=O)NCCOCCOCC(=O)O)cn2)cc1. The van der Waals surface area contributed by atoms with E-state index in [0.717, 1.165) is 38.5 Å². The molecule has 0 unspecified atom stereocenters. The molecule has 0 radical (unpaired) electrons. The molecule has 0 saturated carbocycles. The van der Waals surface area contributed by atoms with Crippen molar-refractivity contribution in [2.75, 3.05) is 77.3 Å². The van der Waals surface area contributed by atoms with Gasteiger partial charge in [-0.3, -0.25) is 19.1 Å². The first-order valence-electron chi connectivity index (χ1n) is 17.1. The normalized spacial score (nSPS) is 11.2. The molecule has 0 bridgehead atoms. The summed E-state index contributed by atoms with van der Waals surface area (Å²) in [5, 5.41) is 22.4. The highest BCUT2D eigenvalue weighted by molar-refractivity contribution is 7.92. The van der Waals surface area contributed by atoms with E-state index in [9.17, 15) is 27.6 Å². The zero-order valence-corrected chi connectivity index (χ0v) is 30.0. The van der Waals surface area contributed by atoms with E-state index in [1.165, 1.54) is 30.5 Å². The molecule has 0 spiro atoms. The number of pyridine rings is 1. The van der Waals surface area contributed by atoms with Gasteiger partial charge >= 0.3 is 11.9 Å². The molecule has 1 aromatic carbocycles. The van der Waals surface area contributed by atoms with E-state index in [1.54, 1.807) is 12.1 Å². The van der Waals surface area contributed by atoms with Gasteiger partial charge in [0.25, 0.3) is 15.9 Å². The Hall–Kier alpha value is -4.36. The smallest absolute Gasteiger partial charge is 0.329 e. The van der Waals surface area contributed by atoms with Gasteiger partial charge in [0, 0.05) is 25.7 Å². The Kier molecular flexibility index (Phi) is 22.3. The molecular formula is C34H50N4O13S. The Balaban J connectivity index is 1.53. The minimum atomic E-state index is -3.93. The van der Waals surface area contributed by atoms with Crippen molar-refractivity contribution in [1.29, 1.82) is 0 Å². The summed E-state index contributed by atoms with van der Waals surface area (Å²) < 4.78 is 54.4. The fraction of sp³-hybridized carbons (Fsp3) is 0.559. The summed E-state index contributed by atoms with van der Waals surface area (Å²) in [5.74, 6) is -1.96. The van der Waals surface area contributed by atoms with Gasteiger partial charge in [-0.2, -0.15) is 0 Å². The van der Waals surface area contributed by atoms with Crippen LogP contribution in [0.25, 0.3) is 0 Å². The summed E-state index contributed by atoms with van der Waals surface area (Å²) in [6, 6.07) is 8.88. The van der Waals surface area contributed by atoms with Crippen LogP contribution < -0.4 is 20.1 Å². The topological polar surface area (TPSA) is 238 Å². The predicted octanol–water partition coefficient (Wildman–Crippen LogP) is 2.46. The maximum atomic E-state index is 12.8. The molecule has 1 aromatic heterocycles. The summed E-state index contributed by atoms with van der Waals surface area (Å²) >= 11 is 0. The second-order valence-electron chi connectivity index (χ2n) is 11.3. The predicted molar refractivity (Wildman–Crippen MR) is 188 cm³/mol. The van der Waals surface area contributed by atoms with Gasteiger partial charge in [-0.25, -0.2) is 18.2 Å². The van der Waals surface area contributed by atoms with Crippen molar-refractivity contribution in [3.05, 3.63) is 48.2 Å². The number of hydrogen-bond donors (Lipinski definition) is 5. The standard InChI is InChI=1S/C34H50N4O13S/c39-31(35-15-18-47-21-23-50-26-33(42)43)25-49-22-20-48-19-16-36-34(44)27-9-14-30(37-24-27)38-52(45,46)29-12-10-28(11-13-29)51-17-7-5-3-1-2-4-6-8-32(40)41/h9-14,24H,1-8,15-23,25-26H2,(H,35,39)(H,36,44)(H,37,38)(H,40,41)(H,42,43). The van der Waals surface area contributed by atoms with Crippen molar-refractivity contribution in [2.24, 2.45) is 0 Å². The molecule has 17 nitrogen and oxygen atoms in total. The number of carbonyl (C=O) groups excluding carboxylic acids is 2. The van der Waals surface area contributed by atoms with Crippen LogP contribution in [0.1, 0.15) is 61.7 Å². The highest BCUT2D eigenvalue weighted by Crippen LogP contribution is 2.19. The van der Waals surface area contributed by atoms with Gasteiger partial charge in [-0.1, -0.05) is 32.1 Å². The number of ether oxygens (including phenoxy) is 5. The third-order valence-corrected chi connectivity index (χ3v) is 8.38. The molecule has 0 aliphatic rings. The van der Waals surface area contributed by atoms with Gasteiger partial charge in [-0.15, -0.1) is 0 Å². The van der Waals surface area contributed by atoms with Crippen LogP contribution in [0.2, 0.25) is 0 Å². The van der Waals surface area contributed by atoms with Crippen molar-refractivity contribution < 1.29 is 61.5 Å². The highest BCUT2D eigenvalue weighted by Gasteiger charge is 2.16. The zero-order valence-electron chi connectivity index (χ0n) is 29.2. The summed E-state index contributed by atoms with van der Waals surface area (Å²) in [4.78, 5) is 49.0. The Labute approximate surface area is 303 Å². The van der Waals surface area contributed by atoms with Crippen LogP contribution in [0.5, 0.6) is 5.75 Å². The number of benzene rings is 1. The summed E-state index contributed by atoms with van der Waals surface area (Å²) in [7, 11) is -3.93. The molecular weight excluding hydrogens is 704 g/mol. The quantitative estimate of drug-likeness (QED) is 0.0696. The van der Waals surface area contributed by atoms with E-state index in [-0.39, 0.29) is 94.5 Å². The fourth-order valence-electron chi connectivity index (χ4n) is 4.37. The molecule has 0 atom stereocenters. The first-order valence-corrected chi connectivity index (χ1v) is 18.6. The fourth-order valence-corrected chi connectivity index (χ4v) is 5.38. The van der Waals surface area contributed by atoms with E-state index in [2.05, 4.69) is 20.3 Å². The van der Waals surface area contributed by atoms with E-state index in [1.807, 2.05) is 0 Å². The van der Waals surface area contributed by atoms with Crippen LogP contribution in [0.4, 0.5) is 5.82 Å². The average molecular weight is 755 g/mol. The van der Waals surface area contributed by atoms with Crippen molar-refractivity contribution in [2.45, 2.75) is 56.3 Å². The molecule has 1 heterocycles. The van der Waals surface area contributed by atoms with Crippen LogP contribution >= 0.6 is 0 Å². The van der Waals surface area contributed by atoms with Crippen LogP contribution in [-0.2, 0) is 43.4 Å². The summed E-state index contributed by atoms with van der Waals surface area (Å²) in [6.07, 6.45) is 8.11. The molecule has 0 saturated heterocycles. The number of carboxylic acids is 2. The van der Waals surface area contributed by atoms with E-state index < -0.39 is 27.9 Å². The lowest BCUT2D eigenvalue weighted by Crippen LogP contribution is -2.31. The molecule has 18 heteroatoms. The first-order chi connectivity index (χ1) is 25.1. The molecule has 2 aromatic rings. The second kappa shape index (κ2) is 26.4. The van der Waals surface area contributed by atoms with Gasteiger partial charge in [0.2, 0.25) is 5.91 Å². The largest absolute Gasteiger partial charge is 0.494 e. The number of aromatic nitrogens is 1. The molecule has 0 fully saturated rings. The molecule has 0 aliphatic carbocycles. The molecule has 5 N–H and O–H groups in total. The lowest BCUT2D eigenvalue weighted by molar-refractivity contribution is -0.143. The minimum absolute atomic E-state index is 0.0288. The summed E-state index contributed by atoms with van der Waals surface area (Å²) in [5.41, 5.74) is 0.228. The summed E-state index contributed by atoms with van der Waals surface area (Å²) in [6.45, 7) is 1.59. The number of unbranched alkanes of at least 4 members (excludes halogenated alkanes) is 6. The Morgan fingerprint density at radius 1 is 0.635 bits per heavy atom. The van der Waals surface area contributed by atoms with Crippen molar-refractivity contribution in [3.8, 4) is 5.75 Å². The number of carbonyl (C=O) groups is 4. The van der Waals surface area contributed by atoms with Gasteiger partial charge in [0.15, 0.2) is 0 Å². The van der Waals surface area contributed by atoms with Gasteiger partial charge < -0.3 is 44.5 Å². The molecule has 2 amide bonds. The lowest BCUT2D eigenvalue weighted by Gasteiger charge is -2.10. The number of nitrogens with one attached hydrogen (secondary N) is 3. The van der Waals surface area contributed by atoms with Crippen LogP contribution in [0, 0.1) is 0 Å². The molecule has 52 heavy (non-hydrogen) atoms. The maximum Gasteiger partial charge on any atom is 0.329 e. The van der Waals surface area contributed by atoms with Crippen molar-refractivity contribution in [3.63, 3.8) is 0 Å². The van der Waals surface area contributed by atoms with Crippen molar-refractivity contribution in [1.82, 2.24) is 15.6 Å². The molecule has 0 aliphatic heterocycles. The Bertz CT molecular complexity index is 1440. The number of rotatable bonds is 31. The number of anilines is 1. The van der Waals surface area contributed by atoms with E-state index in [4.69, 9.17) is 33.9 Å². The maximum absolute atomic E-state index is 12.8. The first kappa shape index (κ1) is 43.8. The zero-order chi connectivity index (χ0) is 37.9. The van der Waals surface area contributed by atoms with Crippen LogP contribution in [0.15, 0.2) is 47.5 Å². The minimum Gasteiger partial charge on any atom is -0.494 e. The Morgan fingerprint density at radius 2 is 1.23 bits per heavy atom. The van der Waals surface area contributed by atoms with Gasteiger partial charge in [0.1, 0.15) is 24.8 Å². The van der Waals surface area contributed by atoms with Gasteiger partial charge in [-0.05, 0) is 49.2 Å².